The Hall–Kier alpha value is -3.81. The molecule has 0 aliphatic heterocycles. The summed E-state index contributed by atoms with van der Waals surface area (Å²) in [4.78, 5) is 12.8. The number of thiophene rings is 1. The smallest absolute Gasteiger partial charge is 0.268 e. The van der Waals surface area contributed by atoms with Crippen molar-refractivity contribution in [3.63, 3.8) is 0 Å². The van der Waals surface area contributed by atoms with Crippen molar-refractivity contribution in [2.45, 2.75) is 0 Å². The van der Waals surface area contributed by atoms with Gasteiger partial charge in [-0.25, -0.2) is 0 Å². The van der Waals surface area contributed by atoms with Gasteiger partial charge in [-0.1, -0.05) is 30.3 Å². The molecule has 0 unspecified atom stereocenters. The first kappa shape index (κ1) is 17.0. The van der Waals surface area contributed by atoms with E-state index in [4.69, 9.17) is 11.0 Å². The summed E-state index contributed by atoms with van der Waals surface area (Å²) in [5.41, 5.74) is 7.87. The average molecular weight is 359 g/mol. The second kappa shape index (κ2) is 7.39. The molecule has 4 N–H and O–H groups in total. The molecular formula is C19H13N5OS. The monoisotopic (exact) mass is 359 g/mol. The zero-order chi connectivity index (χ0) is 18.5. The Kier molecular flexibility index (Phi) is 4.84. The molecule has 3 rings (SSSR count). The van der Waals surface area contributed by atoms with Gasteiger partial charge in [0.05, 0.1) is 16.9 Å². The minimum atomic E-state index is -0.465. The van der Waals surface area contributed by atoms with E-state index in [1.807, 2.05) is 42.5 Å². The number of rotatable bonds is 4. The van der Waals surface area contributed by atoms with Gasteiger partial charge < -0.3 is 16.4 Å². The van der Waals surface area contributed by atoms with E-state index in [2.05, 4.69) is 10.6 Å². The van der Waals surface area contributed by atoms with Crippen LogP contribution in [0.1, 0.15) is 20.8 Å². The van der Waals surface area contributed by atoms with Crippen LogP contribution in [0.4, 0.5) is 22.1 Å². The van der Waals surface area contributed by atoms with Crippen LogP contribution in [0.25, 0.3) is 0 Å². The van der Waals surface area contributed by atoms with E-state index < -0.39 is 5.91 Å². The maximum atomic E-state index is 12.6. The van der Waals surface area contributed by atoms with Crippen molar-refractivity contribution in [1.29, 1.82) is 10.5 Å². The summed E-state index contributed by atoms with van der Waals surface area (Å²) in [6.45, 7) is 0. The standard InChI is InChI=1S/C19H13N5OS/c20-10-12-6-4-5-9-15(12)24-18(25)17-16(22)14(11-21)19(26-17)23-13-7-2-1-3-8-13/h1-9,23H,22H2,(H,24,25). The van der Waals surface area contributed by atoms with Crippen molar-refractivity contribution >= 4 is 39.3 Å². The van der Waals surface area contributed by atoms with Gasteiger partial charge in [0.2, 0.25) is 0 Å². The first-order chi connectivity index (χ1) is 12.6. The van der Waals surface area contributed by atoms with Crippen molar-refractivity contribution in [3.8, 4) is 12.1 Å². The highest BCUT2D eigenvalue weighted by Gasteiger charge is 2.22. The van der Waals surface area contributed by atoms with Crippen LogP contribution in [0.2, 0.25) is 0 Å². The molecule has 0 spiro atoms. The number of carbonyl (C=O) groups is 1. The highest BCUT2D eigenvalue weighted by atomic mass is 32.1. The number of nitrogens with zero attached hydrogens (tertiary/aromatic N) is 2. The van der Waals surface area contributed by atoms with Crippen molar-refractivity contribution in [2.75, 3.05) is 16.4 Å². The Bertz CT molecular complexity index is 1040. The number of amides is 1. The third-order valence-corrected chi connectivity index (χ3v) is 4.71. The number of para-hydroxylation sites is 2. The van der Waals surface area contributed by atoms with E-state index >= 15 is 0 Å². The number of hydrogen-bond donors (Lipinski definition) is 3. The van der Waals surface area contributed by atoms with Gasteiger partial charge in [-0.2, -0.15) is 10.5 Å². The lowest BCUT2D eigenvalue weighted by molar-refractivity contribution is 0.103. The van der Waals surface area contributed by atoms with Gasteiger partial charge in [0.15, 0.2) is 0 Å². The molecule has 0 saturated carbocycles. The molecule has 3 aromatic rings. The molecule has 0 radical (unpaired) electrons. The van der Waals surface area contributed by atoms with Crippen LogP contribution in [0, 0.1) is 22.7 Å². The molecular weight excluding hydrogens is 346 g/mol. The minimum absolute atomic E-state index is 0.114. The molecule has 0 saturated heterocycles. The summed E-state index contributed by atoms with van der Waals surface area (Å²) >= 11 is 1.09. The van der Waals surface area contributed by atoms with E-state index in [-0.39, 0.29) is 16.1 Å². The molecule has 0 bridgehead atoms. The summed E-state index contributed by atoms with van der Waals surface area (Å²) < 4.78 is 0. The first-order valence-electron chi connectivity index (χ1n) is 7.59. The Labute approximate surface area is 154 Å². The van der Waals surface area contributed by atoms with E-state index in [1.165, 1.54) is 0 Å². The van der Waals surface area contributed by atoms with Crippen LogP contribution in [-0.2, 0) is 0 Å². The molecule has 0 fully saturated rings. The molecule has 6 nitrogen and oxygen atoms in total. The Balaban J connectivity index is 1.92. The number of nitrogen functional groups attached to an aromatic ring is 1. The first-order valence-corrected chi connectivity index (χ1v) is 8.40. The van der Waals surface area contributed by atoms with Crippen LogP contribution < -0.4 is 16.4 Å². The van der Waals surface area contributed by atoms with Crippen LogP contribution in [0.5, 0.6) is 0 Å². The summed E-state index contributed by atoms with van der Waals surface area (Å²) in [6, 6.07) is 20.0. The van der Waals surface area contributed by atoms with E-state index in [0.29, 0.717) is 16.3 Å². The lowest BCUT2D eigenvalue weighted by atomic mass is 10.2. The van der Waals surface area contributed by atoms with Gasteiger partial charge in [0.1, 0.15) is 27.6 Å². The van der Waals surface area contributed by atoms with Crippen LogP contribution in [-0.4, -0.2) is 5.91 Å². The third-order valence-electron chi connectivity index (χ3n) is 3.59. The molecule has 7 heteroatoms. The second-order valence-electron chi connectivity index (χ2n) is 5.26. The van der Waals surface area contributed by atoms with E-state index in [9.17, 15) is 10.1 Å². The molecule has 0 atom stereocenters. The number of hydrogen-bond acceptors (Lipinski definition) is 6. The fourth-order valence-corrected chi connectivity index (χ4v) is 3.32. The average Bonchev–Trinajstić information content (AvgIpc) is 2.98. The Morgan fingerprint density at radius 2 is 1.69 bits per heavy atom. The minimum Gasteiger partial charge on any atom is -0.396 e. The molecule has 26 heavy (non-hydrogen) atoms. The summed E-state index contributed by atoms with van der Waals surface area (Å²) in [5, 5.41) is 24.8. The predicted molar refractivity (Wildman–Crippen MR) is 102 cm³/mol. The lowest BCUT2D eigenvalue weighted by Gasteiger charge is -2.05. The second-order valence-corrected chi connectivity index (χ2v) is 6.28. The summed E-state index contributed by atoms with van der Waals surface area (Å²) in [5.74, 6) is -0.465. The molecule has 126 valence electrons. The highest BCUT2D eigenvalue weighted by molar-refractivity contribution is 7.19. The molecule has 1 heterocycles. The van der Waals surface area contributed by atoms with Crippen molar-refractivity contribution in [2.24, 2.45) is 0 Å². The van der Waals surface area contributed by atoms with Gasteiger partial charge in [-0.05, 0) is 24.3 Å². The van der Waals surface area contributed by atoms with Crippen LogP contribution >= 0.6 is 11.3 Å². The van der Waals surface area contributed by atoms with Gasteiger partial charge in [0.25, 0.3) is 5.91 Å². The van der Waals surface area contributed by atoms with Crippen LogP contribution in [0.3, 0.4) is 0 Å². The highest BCUT2D eigenvalue weighted by Crippen LogP contribution is 2.37. The molecule has 1 amide bonds. The SMILES string of the molecule is N#Cc1ccccc1NC(=O)c1sc(Nc2ccccc2)c(C#N)c1N. The Morgan fingerprint density at radius 3 is 2.38 bits per heavy atom. The molecule has 1 aromatic heterocycles. The fraction of sp³-hybridized carbons (Fsp3) is 0. The largest absolute Gasteiger partial charge is 0.396 e. The molecule has 0 aliphatic carbocycles. The predicted octanol–water partition coefficient (Wildman–Crippen LogP) is 4.07. The number of anilines is 4. The van der Waals surface area contributed by atoms with Gasteiger partial charge >= 0.3 is 0 Å². The number of nitrogens with one attached hydrogen (secondary N) is 2. The van der Waals surface area contributed by atoms with E-state index in [1.54, 1.807) is 24.3 Å². The molecule has 0 aliphatic rings. The van der Waals surface area contributed by atoms with Gasteiger partial charge in [0, 0.05) is 5.69 Å². The summed E-state index contributed by atoms with van der Waals surface area (Å²) in [7, 11) is 0. The maximum absolute atomic E-state index is 12.6. The number of carbonyl (C=O) groups excluding carboxylic acids is 1. The quantitative estimate of drug-likeness (QED) is 0.649. The third kappa shape index (κ3) is 3.34. The van der Waals surface area contributed by atoms with Crippen molar-refractivity contribution < 1.29 is 4.79 Å². The number of benzene rings is 2. The number of nitrogens with two attached hydrogens (primary N) is 1. The Morgan fingerprint density at radius 1 is 1.00 bits per heavy atom. The maximum Gasteiger partial charge on any atom is 0.268 e. The normalized spacial score (nSPS) is 9.77. The zero-order valence-corrected chi connectivity index (χ0v) is 14.3. The van der Waals surface area contributed by atoms with Gasteiger partial charge in [-0.3, -0.25) is 4.79 Å². The topological polar surface area (TPSA) is 115 Å². The fourth-order valence-electron chi connectivity index (χ4n) is 2.33. The van der Waals surface area contributed by atoms with Crippen molar-refractivity contribution in [3.05, 3.63) is 70.6 Å². The number of nitriles is 2. The summed E-state index contributed by atoms with van der Waals surface area (Å²) in [6.07, 6.45) is 0. The van der Waals surface area contributed by atoms with Gasteiger partial charge in [-0.15, -0.1) is 11.3 Å². The lowest BCUT2D eigenvalue weighted by Crippen LogP contribution is -2.13. The van der Waals surface area contributed by atoms with E-state index in [0.717, 1.165) is 17.0 Å². The molecule has 2 aromatic carbocycles. The van der Waals surface area contributed by atoms with Crippen molar-refractivity contribution in [1.82, 2.24) is 0 Å². The van der Waals surface area contributed by atoms with Crippen LogP contribution in [0.15, 0.2) is 54.6 Å². The zero-order valence-electron chi connectivity index (χ0n) is 13.5.